The second-order valence-electron chi connectivity index (χ2n) is 16.5. The smallest absolute Gasteiger partial charge is 0.462 e. The number of aliphatic hydroxyl groups excluding tert-OH is 2. The molecule has 0 aliphatic carbocycles. The quantitative estimate of drug-likeness (QED) is 0.0234. The van der Waals surface area contributed by atoms with Gasteiger partial charge in [0.25, 0.3) is 0 Å². The SMILES string of the molecule is CCCCC/C=C/CCCCCCCC(=O)O[C@@H](COC(=O)CCCCCCCCCCCCCCCCCCCCCCCCC)COP(=O)(O)OC[C@H](O)CO. The summed E-state index contributed by atoms with van der Waals surface area (Å²) in [5.74, 6) is -0.922. The first-order chi connectivity index (χ1) is 28.2. The summed E-state index contributed by atoms with van der Waals surface area (Å²) >= 11 is 0. The summed E-state index contributed by atoms with van der Waals surface area (Å²) in [6.45, 7) is 2.38. The monoisotopic (exact) mass is 847 g/mol. The summed E-state index contributed by atoms with van der Waals surface area (Å²) in [5, 5.41) is 18.3. The molecule has 0 amide bonds. The number of carbonyl (C=O) groups excluding carboxylic acids is 2. The second kappa shape index (κ2) is 43.8. The van der Waals surface area contributed by atoms with Crippen LogP contribution >= 0.6 is 7.82 Å². The van der Waals surface area contributed by atoms with Crippen molar-refractivity contribution in [3.63, 3.8) is 0 Å². The summed E-state index contributed by atoms with van der Waals surface area (Å²) in [7, 11) is -4.61. The Kier molecular flexibility index (Phi) is 42.8. The largest absolute Gasteiger partial charge is 0.472 e. The lowest BCUT2D eigenvalue weighted by atomic mass is 10.0. The van der Waals surface area contributed by atoms with E-state index in [0.29, 0.717) is 12.8 Å². The van der Waals surface area contributed by atoms with Crippen molar-refractivity contribution in [2.45, 2.75) is 251 Å². The van der Waals surface area contributed by atoms with Crippen LogP contribution in [0.2, 0.25) is 0 Å². The van der Waals surface area contributed by atoms with Gasteiger partial charge in [-0.15, -0.1) is 0 Å². The maximum atomic E-state index is 12.6. The highest BCUT2D eigenvalue weighted by atomic mass is 31.2. The van der Waals surface area contributed by atoms with Crippen LogP contribution in [0.1, 0.15) is 239 Å². The number of rotatable bonds is 46. The molecular weight excluding hydrogens is 755 g/mol. The molecule has 0 aliphatic heterocycles. The van der Waals surface area contributed by atoms with E-state index >= 15 is 0 Å². The first kappa shape index (κ1) is 56.7. The van der Waals surface area contributed by atoms with E-state index in [1.54, 1.807) is 0 Å². The molecule has 58 heavy (non-hydrogen) atoms. The van der Waals surface area contributed by atoms with Crippen LogP contribution < -0.4 is 0 Å². The van der Waals surface area contributed by atoms with Crippen LogP contribution in [0, 0.1) is 0 Å². The third-order valence-corrected chi connectivity index (χ3v) is 11.6. The molecule has 0 heterocycles. The molecule has 0 aromatic carbocycles. The third-order valence-electron chi connectivity index (χ3n) is 10.7. The van der Waals surface area contributed by atoms with Crippen LogP contribution in [0.4, 0.5) is 0 Å². The number of hydrogen-bond donors (Lipinski definition) is 3. The molecule has 3 atom stereocenters. The van der Waals surface area contributed by atoms with Crippen molar-refractivity contribution < 1.29 is 47.8 Å². The maximum Gasteiger partial charge on any atom is 0.472 e. The minimum atomic E-state index is -4.61. The predicted molar refractivity (Wildman–Crippen MR) is 238 cm³/mol. The van der Waals surface area contributed by atoms with Crippen molar-refractivity contribution in [2.24, 2.45) is 0 Å². The van der Waals surface area contributed by atoms with Crippen molar-refractivity contribution in [1.82, 2.24) is 0 Å². The molecule has 11 heteroatoms. The number of phosphoric ester groups is 1. The molecule has 3 N–H and O–H groups in total. The summed E-state index contributed by atoms with van der Waals surface area (Å²) in [6, 6.07) is 0. The molecule has 0 saturated carbocycles. The number of aliphatic hydroxyl groups is 2. The number of ether oxygens (including phenoxy) is 2. The van der Waals surface area contributed by atoms with Crippen molar-refractivity contribution in [1.29, 1.82) is 0 Å². The normalized spacial score (nSPS) is 13.8. The fourth-order valence-electron chi connectivity index (χ4n) is 6.93. The molecule has 0 saturated heterocycles. The van der Waals surface area contributed by atoms with Gasteiger partial charge in [0, 0.05) is 12.8 Å². The van der Waals surface area contributed by atoms with Gasteiger partial charge in [0.1, 0.15) is 12.7 Å². The molecule has 344 valence electrons. The molecule has 0 fully saturated rings. The van der Waals surface area contributed by atoms with Crippen molar-refractivity contribution in [2.75, 3.05) is 26.4 Å². The Hall–Kier alpha value is -1.29. The Balaban J connectivity index is 4.09. The predicted octanol–water partition coefficient (Wildman–Crippen LogP) is 13.2. The van der Waals surface area contributed by atoms with Crippen LogP contribution in [0.3, 0.4) is 0 Å². The van der Waals surface area contributed by atoms with Crippen molar-refractivity contribution >= 4 is 19.8 Å². The van der Waals surface area contributed by atoms with E-state index in [-0.39, 0.29) is 19.4 Å². The fraction of sp³-hybridized carbons (Fsp3) is 0.915. The molecular formula is C47H91O10P. The lowest BCUT2D eigenvalue weighted by Gasteiger charge is -2.20. The Morgan fingerprint density at radius 3 is 1.28 bits per heavy atom. The molecule has 0 radical (unpaired) electrons. The Morgan fingerprint density at radius 1 is 0.500 bits per heavy atom. The minimum Gasteiger partial charge on any atom is -0.462 e. The van der Waals surface area contributed by atoms with E-state index in [2.05, 4.69) is 26.0 Å². The van der Waals surface area contributed by atoms with E-state index in [1.807, 2.05) is 0 Å². The van der Waals surface area contributed by atoms with Crippen LogP contribution in [0.25, 0.3) is 0 Å². The first-order valence-electron chi connectivity index (χ1n) is 24.1. The maximum absolute atomic E-state index is 12.6. The van der Waals surface area contributed by atoms with Gasteiger partial charge in [-0.25, -0.2) is 4.57 Å². The molecule has 0 aliphatic rings. The fourth-order valence-corrected chi connectivity index (χ4v) is 7.72. The topological polar surface area (TPSA) is 149 Å². The highest BCUT2D eigenvalue weighted by Gasteiger charge is 2.27. The molecule has 0 bridgehead atoms. The average Bonchev–Trinajstić information content (AvgIpc) is 3.21. The van der Waals surface area contributed by atoms with Gasteiger partial charge in [-0.2, -0.15) is 0 Å². The van der Waals surface area contributed by atoms with Crippen molar-refractivity contribution in [3.8, 4) is 0 Å². The van der Waals surface area contributed by atoms with Crippen LogP contribution in [0.15, 0.2) is 12.2 Å². The zero-order chi connectivity index (χ0) is 42.6. The van der Waals surface area contributed by atoms with E-state index in [4.69, 9.17) is 23.6 Å². The molecule has 0 spiro atoms. The number of carbonyl (C=O) groups is 2. The number of unbranched alkanes of at least 4 members (excludes halogenated alkanes) is 30. The Labute approximate surface area is 356 Å². The zero-order valence-electron chi connectivity index (χ0n) is 37.5. The standard InChI is InChI=1S/C47H91O10P/c1-3-5-7-9-11-13-15-17-18-19-20-21-22-23-24-25-26-27-29-30-32-34-36-38-46(50)54-42-45(43-56-58(52,53)55-41-44(49)40-48)57-47(51)39-37-35-33-31-28-16-14-12-10-8-6-4-2/h12,14,44-45,48-49H,3-11,13,15-43H2,1-2H3,(H,52,53)/b14-12+/t44-,45+/m1/s1. The highest BCUT2D eigenvalue weighted by molar-refractivity contribution is 7.47. The average molecular weight is 847 g/mol. The van der Waals surface area contributed by atoms with Gasteiger partial charge in [0.15, 0.2) is 6.10 Å². The molecule has 10 nitrogen and oxygen atoms in total. The van der Waals surface area contributed by atoms with Gasteiger partial charge in [0.2, 0.25) is 0 Å². The summed E-state index contributed by atoms with van der Waals surface area (Å²) in [4.78, 5) is 35.0. The van der Waals surface area contributed by atoms with Gasteiger partial charge in [-0.1, -0.05) is 199 Å². The van der Waals surface area contributed by atoms with Crippen LogP contribution in [-0.4, -0.2) is 65.7 Å². The lowest BCUT2D eigenvalue weighted by Crippen LogP contribution is -2.29. The molecule has 0 aromatic rings. The third kappa shape index (κ3) is 42.8. The van der Waals surface area contributed by atoms with Gasteiger partial charge >= 0.3 is 19.8 Å². The number of esters is 2. The van der Waals surface area contributed by atoms with Crippen molar-refractivity contribution in [3.05, 3.63) is 12.2 Å². The Morgan fingerprint density at radius 2 is 0.845 bits per heavy atom. The van der Waals surface area contributed by atoms with Crippen LogP contribution in [-0.2, 0) is 32.7 Å². The van der Waals surface area contributed by atoms with E-state index < -0.39 is 51.8 Å². The number of phosphoric acid groups is 1. The van der Waals surface area contributed by atoms with Crippen LogP contribution in [0.5, 0.6) is 0 Å². The van der Waals surface area contributed by atoms with E-state index in [0.717, 1.165) is 51.4 Å². The molecule has 1 unspecified atom stereocenters. The number of allylic oxidation sites excluding steroid dienone is 2. The van der Waals surface area contributed by atoms with E-state index in [1.165, 1.54) is 148 Å². The van der Waals surface area contributed by atoms with Gasteiger partial charge < -0.3 is 24.6 Å². The lowest BCUT2D eigenvalue weighted by molar-refractivity contribution is -0.161. The Bertz CT molecular complexity index is 977. The zero-order valence-corrected chi connectivity index (χ0v) is 38.4. The molecule has 0 aromatic heterocycles. The summed E-state index contributed by atoms with van der Waals surface area (Å²) in [6.07, 6.45) is 43.3. The second-order valence-corrected chi connectivity index (χ2v) is 17.9. The van der Waals surface area contributed by atoms with E-state index in [9.17, 15) is 24.2 Å². The minimum absolute atomic E-state index is 0.178. The van der Waals surface area contributed by atoms with Gasteiger partial charge in [0.05, 0.1) is 19.8 Å². The first-order valence-corrected chi connectivity index (χ1v) is 25.6. The van der Waals surface area contributed by atoms with Gasteiger partial charge in [-0.3, -0.25) is 18.6 Å². The summed E-state index contributed by atoms with van der Waals surface area (Å²) in [5.41, 5.74) is 0. The van der Waals surface area contributed by atoms with Gasteiger partial charge in [-0.05, 0) is 38.5 Å². The number of hydrogen-bond acceptors (Lipinski definition) is 9. The molecule has 0 rings (SSSR count). The highest BCUT2D eigenvalue weighted by Crippen LogP contribution is 2.43. The summed E-state index contributed by atoms with van der Waals surface area (Å²) < 4.78 is 32.7.